The summed E-state index contributed by atoms with van der Waals surface area (Å²) in [5.74, 6) is 0.894. The van der Waals surface area contributed by atoms with Gasteiger partial charge in [0, 0.05) is 54.5 Å². The van der Waals surface area contributed by atoms with E-state index in [4.69, 9.17) is 4.28 Å². The number of fused-ring (bicyclic) bond motifs is 1. The molecule has 3 rings (SSSR count). The van der Waals surface area contributed by atoms with E-state index in [0.717, 1.165) is 31.8 Å². The van der Waals surface area contributed by atoms with Crippen LogP contribution < -0.4 is 0 Å². The molecule has 2 heterocycles. The Kier molecular flexibility index (Phi) is 5.41. The van der Waals surface area contributed by atoms with Crippen molar-refractivity contribution >= 4 is 22.9 Å². The molecule has 1 fully saturated rings. The van der Waals surface area contributed by atoms with Gasteiger partial charge in [-0.3, -0.25) is 0 Å². The molecule has 22 heavy (non-hydrogen) atoms. The third-order valence-corrected chi connectivity index (χ3v) is 4.88. The summed E-state index contributed by atoms with van der Waals surface area (Å²) in [6, 6.07) is 6.67. The van der Waals surface area contributed by atoms with Gasteiger partial charge in [-0.25, -0.2) is 4.28 Å². The van der Waals surface area contributed by atoms with Gasteiger partial charge in [-0.15, -0.1) is 0 Å². The Morgan fingerprint density at radius 1 is 1.27 bits per heavy atom. The van der Waals surface area contributed by atoms with E-state index in [1.165, 1.54) is 34.9 Å². The van der Waals surface area contributed by atoms with Crippen molar-refractivity contribution in [3.8, 4) is 0 Å². The molecule has 1 aromatic heterocycles. The molecule has 1 aliphatic rings. The summed E-state index contributed by atoms with van der Waals surface area (Å²) in [6.45, 7) is 3.21. The van der Waals surface area contributed by atoms with E-state index in [0.29, 0.717) is 0 Å². The molecule has 1 aromatic carbocycles. The minimum Gasteiger partial charge on any atom is -0.361 e. The molecule has 0 bridgehead atoms. The summed E-state index contributed by atoms with van der Waals surface area (Å²) >= 11 is 1.55. The van der Waals surface area contributed by atoms with Crippen LogP contribution in [0.3, 0.4) is 0 Å². The fourth-order valence-corrected chi connectivity index (χ4v) is 3.46. The average molecular weight is 319 g/mol. The molecule has 0 atom stereocenters. The number of benzene rings is 1. The number of nitrogens with zero attached hydrogens (tertiary/aromatic N) is 2. The van der Waals surface area contributed by atoms with E-state index in [2.05, 4.69) is 53.4 Å². The van der Waals surface area contributed by atoms with Crippen molar-refractivity contribution in [1.29, 1.82) is 0 Å². The lowest BCUT2D eigenvalue weighted by atomic mass is 10.1. The van der Waals surface area contributed by atoms with Crippen molar-refractivity contribution in [2.75, 3.05) is 33.7 Å². The van der Waals surface area contributed by atoms with Crippen molar-refractivity contribution < 1.29 is 4.28 Å². The molecule has 2 aromatic rings. The van der Waals surface area contributed by atoms with E-state index in [9.17, 15) is 0 Å². The Balaban J connectivity index is 1.61. The zero-order valence-electron chi connectivity index (χ0n) is 13.5. The molecule has 5 heteroatoms. The second kappa shape index (κ2) is 7.51. The fourth-order valence-electron chi connectivity index (χ4n) is 2.80. The number of nitrogens with one attached hydrogen (secondary N) is 1. The molecular formula is C17H25N3OS. The van der Waals surface area contributed by atoms with Crippen LogP contribution in [0.25, 0.3) is 10.9 Å². The number of hydrogen-bond acceptors (Lipinski definition) is 4. The van der Waals surface area contributed by atoms with Crippen LogP contribution in [0.15, 0.2) is 24.4 Å². The molecule has 1 saturated heterocycles. The largest absolute Gasteiger partial charge is 0.361 e. The number of hydroxylamine groups is 2. The molecule has 0 saturated carbocycles. The van der Waals surface area contributed by atoms with Crippen molar-refractivity contribution in [2.24, 2.45) is 0 Å². The van der Waals surface area contributed by atoms with Gasteiger partial charge in [0.2, 0.25) is 0 Å². The van der Waals surface area contributed by atoms with E-state index >= 15 is 0 Å². The smallest absolute Gasteiger partial charge is 0.0469 e. The molecule has 0 spiro atoms. The fraction of sp³-hybridized carbons (Fsp3) is 0.529. The van der Waals surface area contributed by atoms with Crippen LogP contribution in [0.4, 0.5) is 0 Å². The second-order valence-corrected chi connectivity index (χ2v) is 6.89. The van der Waals surface area contributed by atoms with E-state index in [1.54, 1.807) is 12.0 Å². The van der Waals surface area contributed by atoms with Gasteiger partial charge in [0.05, 0.1) is 0 Å². The van der Waals surface area contributed by atoms with Crippen molar-refractivity contribution in [3.05, 3.63) is 35.5 Å². The van der Waals surface area contributed by atoms with Crippen molar-refractivity contribution in [3.63, 3.8) is 0 Å². The van der Waals surface area contributed by atoms with Crippen LogP contribution in [0.2, 0.25) is 0 Å². The van der Waals surface area contributed by atoms with Crippen molar-refractivity contribution in [1.82, 2.24) is 14.9 Å². The lowest BCUT2D eigenvalue weighted by Crippen LogP contribution is -2.15. The summed E-state index contributed by atoms with van der Waals surface area (Å²) in [6.07, 6.45) is 5.73. The summed E-state index contributed by atoms with van der Waals surface area (Å²) in [5.41, 5.74) is 3.95. The van der Waals surface area contributed by atoms with E-state index < -0.39 is 0 Å². The molecule has 0 amide bonds. The van der Waals surface area contributed by atoms with Gasteiger partial charge >= 0.3 is 0 Å². The maximum atomic E-state index is 5.75. The van der Waals surface area contributed by atoms with Crippen LogP contribution in [-0.4, -0.2) is 48.7 Å². The molecule has 0 radical (unpaired) electrons. The predicted octanol–water partition coefficient (Wildman–Crippen LogP) is 3.45. The molecule has 1 aliphatic heterocycles. The van der Waals surface area contributed by atoms with Gasteiger partial charge in [0.1, 0.15) is 0 Å². The maximum Gasteiger partial charge on any atom is 0.0469 e. The second-order valence-electron chi connectivity index (χ2n) is 6.22. The first-order chi connectivity index (χ1) is 10.7. The SMILES string of the molecule is CN(C)CCc1c[nH]c2ccc(CSON3CCCC3)cc12. The number of aromatic amines is 1. The van der Waals surface area contributed by atoms with Gasteiger partial charge in [0.15, 0.2) is 0 Å². The van der Waals surface area contributed by atoms with Gasteiger partial charge in [-0.05, 0) is 56.6 Å². The minimum absolute atomic E-state index is 0.894. The van der Waals surface area contributed by atoms with E-state index in [-0.39, 0.29) is 0 Å². The molecule has 0 unspecified atom stereocenters. The molecular weight excluding hydrogens is 294 g/mol. The number of aromatic nitrogens is 1. The first-order valence-corrected chi connectivity index (χ1v) is 8.91. The van der Waals surface area contributed by atoms with Crippen LogP contribution >= 0.6 is 12.0 Å². The maximum absolute atomic E-state index is 5.75. The summed E-state index contributed by atoms with van der Waals surface area (Å²) in [7, 11) is 4.24. The monoisotopic (exact) mass is 319 g/mol. The van der Waals surface area contributed by atoms with Crippen LogP contribution in [0.5, 0.6) is 0 Å². The van der Waals surface area contributed by atoms with Gasteiger partial charge in [-0.1, -0.05) is 6.07 Å². The number of H-pyrrole nitrogens is 1. The highest BCUT2D eigenvalue weighted by atomic mass is 32.2. The molecule has 0 aliphatic carbocycles. The Labute approximate surface area is 137 Å². The zero-order chi connectivity index (χ0) is 15.4. The highest BCUT2D eigenvalue weighted by molar-refractivity contribution is 7.93. The first kappa shape index (κ1) is 15.9. The Hall–Kier alpha value is -1.01. The number of rotatable bonds is 7. The van der Waals surface area contributed by atoms with Crippen LogP contribution in [0, 0.1) is 0 Å². The Morgan fingerprint density at radius 2 is 2.09 bits per heavy atom. The standard InChI is InChI=1S/C17H25N3OS/c1-19(2)10-7-15-12-18-17-6-5-14(11-16(15)17)13-22-21-20-8-3-4-9-20/h5-6,11-12,18H,3-4,7-10,13H2,1-2H3. The molecule has 120 valence electrons. The highest BCUT2D eigenvalue weighted by Gasteiger charge is 2.12. The van der Waals surface area contributed by atoms with Crippen LogP contribution in [0.1, 0.15) is 24.0 Å². The third kappa shape index (κ3) is 4.04. The van der Waals surface area contributed by atoms with Gasteiger partial charge in [-0.2, -0.15) is 5.06 Å². The van der Waals surface area contributed by atoms with Crippen molar-refractivity contribution in [2.45, 2.75) is 25.0 Å². The highest BCUT2D eigenvalue weighted by Crippen LogP contribution is 2.24. The third-order valence-electron chi connectivity index (χ3n) is 4.11. The van der Waals surface area contributed by atoms with E-state index in [1.807, 2.05) is 0 Å². The summed E-state index contributed by atoms with van der Waals surface area (Å²) < 4.78 is 5.75. The van der Waals surface area contributed by atoms with Gasteiger partial charge < -0.3 is 9.88 Å². The van der Waals surface area contributed by atoms with Crippen LogP contribution in [-0.2, 0) is 16.5 Å². The Morgan fingerprint density at radius 3 is 2.86 bits per heavy atom. The number of hydrogen-bond donors (Lipinski definition) is 1. The quantitative estimate of drug-likeness (QED) is 0.792. The minimum atomic E-state index is 0.894. The molecule has 1 N–H and O–H groups in total. The first-order valence-electron chi connectivity index (χ1n) is 8.00. The predicted molar refractivity (Wildman–Crippen MR) is 93.7 cm³/mol. The zero-order valence-corrected chi connectivity index (χ0v) is 14.3. The lowest BCUT2D eigenvalue weighted by molar-refractivity contribution is -0.0113. The summed E-state index contributed by atoms with van der Waals surface area (Å²) in [4.78, 5) is 5.60. The number of likely N-dealkylation sites (N-methyl/N-ethyl adjacent to an activating group) is 1. The van der Waals surface area contributed by atoms with Gasteiger partial charge in [0.25, 0.3) is 0 Å². The summed E-state index contributed by atoms with van der Waals surface area (Å²) in [5, 5.41) is 3.42. The molecule has 4 nitrogen and oxygen atoms in total. The topological polar surface area (TPSA) is 31.5 Å². The average Bonchev–Trinajstić information content (AvgIpc) is 3.14. The Bertz CT molecular complexity index is 605. The lowest BCUT2D eigenvalue weighted by Gasteiger charge is -2.12. The normalized spacial score (nSPS) is 16.1.